The maximum atomic E-state index is 13.5. The van der Waals surface area contributed by atoms with Crippen LogP contribution in [0.4, 0.5) is 9.18 Å². The molecule has 3 aromatic carbocycles. The van der Waals surface area contributed by atoms with E-state index in [0.29, 0.717) is 22.2 Å². The number of imide groups is 1. The molecule has 1 N–H and O–H groups in total. The van der Waals surface area contributed by atoms with Crippen molar-refractivity contribution in [3.8, 4) is 0 Å². The van der Waals surface area contributed by atoms with E-state index in [0.717, 1.165) is 26.9 Å². The second kappa shape index (κ2) is 8.97. The van der Waals surface area contributed by atoms with Crippen LogP contribution in [0.15, 0.2) is 78.6 Å². The van der Waals surface area contributed by atoms with Gasteiger partial charge in [0.2, 0.25) is 0 Å². The van der Waals surface area contributed by atoms with Crippen molar-refractivity contribution >= 4 is 52.1 Å². The standard InChI is InChI=1S/C26H18Cl2FN3O2/c27-20-6-5-19(22(28)13-20)15-32-25(33)23(30-26(32)34)12-16-4-7-24-18(10-16)8-9-31(24)14-17-2-1-3-21(29)11-17/h1-13H,14-15H2,(H,30,34)/b23-12+. The molecular formula is C26H18Cl2FN3O2. The summed E-state index contributed by atoms with van der Waals surface area (Å²) in [5.41, 5.74) is 3.42. The number of fused-ring (bicyclic) bond motifs is 1. The lowest BCUT2D eigenvalue weighted by Gasteiger charge is -2.13. The van der Waals surface area contributed by atoms with Crippen molar-refractivity contribution in [3.05, 3.63) is 111 Å². The van der Waals surface area contributed by atoms with Crippen molar-refractivity contribution in [2.45, 2.75) is 13.1 Å². The zero-order valence-electron chi connectivity index (χ0n) is 17.8. The van der Waals surface area contributed by atoms with Gasteiger partial charge in [0.05, 0.1) is 6.54 Å². The van der Waals surface area contributed by atoms with Gasteiger partial charge in [0.15, 0.2) is 0 Å². The minimum absolute atomic E-state index is 0.0416. The van der Waals surface area contributed by atoms with Gasteiger partial charge in [-0.15, -0.1) is 0 Å². The number of nitrogens with one attached hydrogen (secondary N) is 1. The van der Waals surface area contributed by atoms with Gasteiger partial charge in [-0.2, -0.15) is 0 Å². The number of rotatable bonds is 5. The molecule has 1 aromatic heterocycles. The van der Waals surface area contributed by atoms with E-state index in [1.54, 1.807) is 30.3 Å². The first-order chi connectivity index (χ1) is 16.4. The molecule has 1 fully saturated rings. The molecule has 0 saturated carbocycles. The van der Waals surface area contributed by atoms with Gasteiger partial charge in [0.1, 0.15) is 11.5 Å². The Bertz CT molecular complexity index is 1480. The van der Waals surface area contributed by atoms with Crippen molar-refractivity contribution in [1.82, 2.24) is 14.8 Å². The second-order valence-corrected chi connectivity index (χ2v) is 8.85. The largest absolute Gasteiger partial charge is 0.343 e. The molecule has 0 spiro atoms. The lowest BCUT2D eigenvalue weighted by molar-refractivity contribution is -0.123. The molecule has 1 saturated heterocycles. The highest BCUT2D eigenvalue weighted by Crippen LogP contribution is 2.25. The van der Waals surface area contributed by atoms with Crippen molar-refractivity contribution in [2.75, 3.05) is 0 Å². The molecule has 3 amide bonds. The molecule has 0 aliphatic carbocycles. The van der Waals surface area contributed by atoms with Crippen LogP contribution in [0.1, 0.15) is 16.7 Å². The van der Waals surface area contributed by atoms with Crippen LogP contribution in [0.2, 0.25) is 10.0 Å². The van der Waals surface area contributed by atoms with E-state index in [1.807, 2.05) is 41.1 Å². The summed E-state index contributed by atoms with van der Waals surface area (Å²) in [5.74, 6) is -0.696. The average Bonchev–Trinajstić information content (AvgIpc) is 3.30. The van der Waals surface area contributed by atoms with Gasteiger partial charge in [0.25, 0.3) is 5.91 Å². The zero-order valence-corrected chi connectivity index (χ0v) is 19.3. The van der Waals surface area contributed by atoms with Gasteiger partial charge in [-0.25, -0.2) is 9.18 Å². The molecule has 0 unspecified atom stereocenters. The topological polar surface area (TPSA) is 54.3 Å². The summed E-state index contributed by atoms with van der Waals surface area (Å²) in [6.45, 7) is 0.582. The number of hydrogen-bond donors (Lipinski definition) is 1. The monoisotopic (exact) mass is 493 g/mol. The molecule has 0 bridgehead atoms. The molecule has 1 aliphatic rings. The normalized spacial score (nSPS) is 14.9. The van der Waals surface area contributed by atoms with Crippen molar-refractivity contribution < 1.29 is 14.0 Å². The lowest BCUT2D eigenvalue weighted by Crippen LogP contribution is -2.30. The molecule has 5 rings (SSSR count). The van der Waals surface area contributed by atoms with E-state index in [4.69, 9.17) is 23.2 Å². The Hall–Kier alpha value is -3.61. The number of carbonyl (C=O) groups excluding carboxylic acids is 2. The summed E-state index contributed by atoms with van der Waals surface area (Å²) in [6.07, 6.45) is 3.58. The van der Waals surface area contributed by atoms with E-state index in [2.05, 4.69) is 5.32 Å². The Labute approximate surface area is 205 Å². The highest BCUT2D eigenvalue weighted by Gasteiger charge is 2.33. The van der Waals surface area contributed by atoms with Crippen LogP contribution in [-0.4, -0.2) is 21.4 Å². The number of aromatic nitrogens is 1. The van der Waals surface area contributed by atoms with Crippen molar-refractivity contribution in [3.63, 3.8) is 0 Å². The summed E-state index contributed by atoms with van der Waals surface area (Å²) >= 11 is 12.1. The SMILES string of the molecule is O=C1N/C(=C/c2ccc3c(ccn3Cc3cccc(F)c3)c2)C(=O)N1Cc1ccc(Cl)cc1Cl. The number of urea groups is 1. The molecule has 0 radical (unpaired) electrons. The van der Waals surface area contributed by atoms with Crippen LogP contribution in [0.5, 0.6) is 0 Å². The van der Waals surface area contributed by atoms with E-state index in [1.165, 1.54) is 12.1 Å². The molecule has 4 aromatic rings. The maximum Gasteiger partial charge on any atom is 0.329 e. The summed E-state index contributed by atoms with van der Waals surface area (Å²) in [4.78, 5) is 26.4. The number of halogens is 3. The Morgan fingerprint density at radius 1 is 0.941 bits per heavy atom. The van der Waals surface area contributed by atoms with E-state index >= 15 is 0 Å². The summed E-state index contributed by atoms with van der Waals surface area (Å²) in [6, 6.07) is 18.6. The maximum absolute atomic E-state index is 13.5. The summed E-state index contributed by atoms with van der Waals surface area (Å²) < 4.78 is 15.5. The Morgan fingerprint density at radius 2 is 1.79 bits per heavy atom. The van der Waals surface area contributed by atoms with Gasteiger partial charge in [-0.1, -0.05) is 47.5 Å². The van der Waals surface area contributed by atoms with Gasteiger partial charge in [0, 0.05) is 33.7 Å². The first-order valence-electron chi connectivity index (χ1n) is 10.5. The van der Waals surface area contributed by atoms with Crippen LogP contribution in [0.25, 0.3) is 17.0 Å². The third kappa shape index (κ3) is 4.42. The van der Waals surface area contributed by atoms with Gasteiger partial charge in [-0.3, -0.25) is 9.69 Å². The quantitative estimate of drug-likeness (QED) is 0.264. The lowest BCUT2D eigenvalue weighted by atomic mass is 10.1. The summed E-state index contributed by atoms with van der Waals surface area (Å²) in [7, 11) is 0. The molecule has 170 valence electrons. The molecule has 2 heterocycles. The average molecular weight is 494 g/mol. The van der Waals surface area contributed by atoms with Crippen LogP contribution in [0, 0.1) is 5.82 Å². The highest BCUT2D eigenvalue weighted by molar-refractivity contribution is 6.35. The van der Waals surface area contributed by atoms with Crippen LogP contribution in [0.3, 0.4) is 0 Å². The third-order valence-electron chi connectivity index (χ3n) is 5.65. The first kappa shape index (κ1) is 22.2. The van der Waals surface area contributed by atoms with E-state index < -0.39 is 11.9 Å². The fourth-order valence-corrected chi connectivity index (χ4v) is 4.45. The van der Waals surface area contributed by atoms with E-state index in [9.17, 15) is 14.0 Å². The molecule has 0 atom stereocenters. The Balaban J connectivity index is 1.36. The van der Waals surface area contributed by atoms with Gasteiger partial charge < -0.3 is 9.88 Å². The smallest absolute Gasteiger partial charge is 0.329 e. The second-order valence-electron chi connectivity index (χ2n) is 8.01. The van der Waals surface area contributed by atoms with Crippen molar-refractivity contribution in [2.24, 2.45) is 0 Å². The zero-order chi connectivity index (χ0) is 23.8. The number of benzene rings is 3. The number of carbonyl (C=O) groups is 2. The summed E-state index contributed by atoms with van der Waals surface area (Å²) in [5, 5.41) is 4.46. The predicted octanol–water partition coefficient (Wildman–Crippen LogP) is 6.23. The number of amides is 3. The number of hydrogen-bond acceptors (Lipinski definition) is 2. The van der Waals surface area contributed by atoms with Crippen LogP contribution >= 0.6 is 23.2 Å². The predicted molar refractivity (Wildman–Crippen MR) is 131 cm³/mol. The van der Waals surface area contributed by atoms with Gasteiger partial charge >= 0.3 is 6.03 Å². The number of nitrogens with zero attached hydrogens (tertiary/aromatic N) is 2. The van der Waals surface area contributed by atoms with Crippen molar-refractivity contribution in [1.29, 1.82) is 0 Å². The third-order valence-corrected chi connectivity index (χ3v) is 6.24. The molecular weight excluding hydrogens is 476 g/mol. The molecule has 5 nitrogen and oxygen atoms in total. The minimum Gasteiger partial charge on any atom is -0.343 e. The molecule has 8 heteroatoms. The Morgan fingerprint density at radius 3 is 2.59 bits per heavy atom. The molecule has 1 aliphatic heterocycles. The highest BCUT2D eigenvalue weighted by atomic mass is 35.5. The fourth-order valence-electron chi connectivity index (χ4n) is 3.98. The van der Waals surface area contributed by atoms with E-state index in [-0.39, 0.29) is 18.1 Å². The molecule has 34 heavy (non-hydrogen) atoms. The van der Waals surface area contributed by atoms with Crippen LogP contribution < -0.4 is 5.32 Å². The Kier molecular flexibility index (Phi) is 5.86. The fraction of sp³-hybridized carbons (Fsp3) is 0.0769. The first-order valence-corrected chi connectivity index (χ1v) is 11.2. The van der Waals surface area contributed by atoms with Gasteiger partial charge in [-0.05, 0) is 65.2 Å². The van der Waals surface area contributed by atoms with Crippen LogP contribution in [-0.2, 0) is 17.9 Å². The minimum atomic E-state index is -0.510.